The molecule has 0 spiro atoms. The van der Waals surface area contributed by atoms with Crippen LogP contribution in [0.1, 0.15) is 12.8 Å². The number of carbonyl (C=O) groups excluding carboxylic acids is 2. The SMILES string of the molecule is O=C(Nc1ccc(S(=O)(=O)NCC(F)(F)F)cc1)C1CCCN(C(=O)Nc2ccccc2)C1. The molecule has 0 aromatic heterocycles. The molecule has 0 bridgehead atoms. The highest BCUT2D eigenvalue weighted by Crippen LogP contribution is 2.21. The predicted octanol–water partition coefficient (Wildman–Crippen LogP) is 3.41. The number of nitrogens with one attached hydrogen (secondary N) is 3. The minimum Gasteiger partial charge on any atom is -0.326 e. The number of sulfonamides is 1. The number of urea groups is 1. The van der Waals surface area contributed by atoms with E-state index < -0.39 is 28.7 Å². The number of hydrogen-bond donors (Lipinski definition) is 3. The van der Waals surface area contributed by atoms with Crippen LogP contribution < -0.4 is 15.4 Å². The van der Waals surface area contributed by atoms with E-state index in [0.29, 0.717) is 30.8 Å². The average molecular weight is 485 g/mol. The van der Waals surface area contributed by atoms with Crippen molar-refractivity contribution in [3.63, 3.8) is 0 Å². The van der Waals surface area contributed by atoms with Crippen molar-refractivity contribution in [3.05, 3.63) is 54.6 Å². The van der Waals surface area contributed by atoms with Gasteiger partial charge in [0.05, 0.1) is 10.8 Å². The molecule has 178 valence electrons. The number of halogens is 3. The molecule has 1 unspecified atom stereocenters. The Bertz CT molecular complexity index is 1080. The Hall–Kier alpha value is -3.12. The van der Waals surface area contributed by atoms with Crippen LogP contribution in [0.25, 0.3) is 0 Å². The van der Waals surface area contributed by atoms with Crippen molar-refractivity contribution < 1.29 is 31.2 Å². The number of anilines is 2. The first-order valence-electron chi connectivity index (χ1n) is 10.1. The van der Waals surface area contributed by atoms with Gasteiger partial charge in [-0.2, -0.15) is 13.2 Å². The van der Waals surface area contributed by atoms with Crippen LogP contribution in [0, 0.1) is 5.92 Å². The van der Waals surface area contributed by atoms with Gasteiger partial charge in [-0.05, 0) is 49.2 Å². The fourth-order valence-corrected chi connectivity index (χ4v) is 4.34. The monoisotopic (exact) mass is 484 g/mol. The maximum Gasteiger partial charge on any atom is 0.402 e. The number of benzene rings is 2. The number of amides is 3. The highest BCUT2D eigenvalue weighted by Gasteiger charge is 2.30. The van der Waals surface area contributed by atoms with Gasteiger partial charge in [-0.25, -0.2) is 17.9 Å². The lowest BCUT2D eigenvalue weighted by Gasteiger charge is -2.32. The molecule has 3 rings (SSSR count). The standard InChI is InChI=1S/C21H23F3N4O4S/c22-21(23,24)14-25-33(31,32)18-10-8-17(9-11-18)26-19(29)15-5-4-12-28(13-15)20(30)27-16-6-2-1-3-7-16/h1-3,6-11,15,25H,4-5,12-14H2,(H,26,29)(H,27,30). The third kappa shape index (κ3) is 7.19. The van der Waals surface area contributed by atoms with E-state index in [4.69, 9.17) is 0 Å². The molecule has 1 aliphatic rings. The third-order valence-corrected chi connectivity index (χ3v) is 6.42. The van der Waals surface area contributed by atoms with E-state index in [1.807, 2.05) is 6.07 Å². The van der Waals surface area contributed by atoms with Crippen LogP contribution in [-0.4, -0.2) is 51.1 Å². The summed E-state index contributed by atoms with van der Waals surface area (Å²) < 4.78 is 62.2. The Morgan fingerprint density at radius 3 is 2.24 bits per heavy atom. The van der Waals surface area contributed by atoms with Crippen molar-refractivity contribution >= 4 is 33.3 Å². The number of likely N-dealkylation sites (tertiary alicyclic amines) is 1. The predicted molar refractivity (Wildman–Crippen MR) is 116 cm³/mol. The molecule has 0 radical (unpaired) electrons. The molecule has 3 amide bonds. The smallest absolute Gasteiger partial charge is 0.326 e. The summed E-state index contributed by atoms with van der Waals surface area (Å²) in [5, 5.41) is 5.45. The first-order valence-corrected chi connectivity index (χ1v) is 11.6. The quantitative estimate of drug-likeness (QED) is 0.584. The first kappa shape index (κ1) is 24.5. The molecular weight excluding hydrogens is 461 g/mol. The Labute approximate surface area is 189 Å². The summed E-state index contributed by atoms with van der Waals surface area (Å²) in [5.41, 5.74) is 0.939. The second-order valence-corrected chi connectivity index (χ2v) is 9.30. The van der Waals surface area contributed by atoms with Crippen LogP contribution in [0.5, 0.6) is 0 Å². The molecule has 0 aliphatic carbocycles. The van der Waals surface area contributed by atoms with Crippen LogP contribution in [0.15, 0.2) is 59.5 Å². The summed E-state index contributed by atoms with van der Waals surface area (Å²) >= 11 is 0. The number of nitrogens with zero attached hydrogens (tertiary/aromatic N) is 1. The van der Waals surface area contributed by atoms with Crippen molar-refractivity contribution in [2.45, 2.75) is 23.9 Å². The molecule has 1 aliphatic heterocycles. The molecule has 1 fully saturated rings. The molecule has 12 heteroatoms. The summed E-state index contributed by atoms with van der Waals surface area (Å²) in [6, 6.07) is 13.4. The Kier molecular flexibility index (Phi) is 7.59. The van der Waals surface area contributed by atoms with Crippen LogP contribution in [-0.2, 0) is 14.8 Å². The molecule has 0 saturated carbocycles. The highest BCUT2D eigenvalue weighted by molar-refractivity contribution is 7.89. The summed E-state index contributed by atoms with van der Waals surface area (Å²) in [5.74, 6) is -0.796. The maximum absolute atomic E-state index is 12.7. The zero-order chi connectivity index (χ0) is 24.1. The summed E-state index contributed by atoms with van der Waals surface area (Å²) in [6.07, 6.45) is -3.45. The second kappa shape index (κ2) is 10.2. The van der Waals surface area contributed by atoms with Gasteiger partial charge in [0.1, 0.15) is 6.54 Å². The van der Waals surface area contributed by atoms with E-state index in [2.05, 4.69) is 10.6 Å². The fraction of sp³-hybridized carbons (Fsp3) is 0.333. The van der Waals surface area contributed by atoms with Crippen LogP contribution in [0.2, 0.25) is 0 Å². The summed E-state index contributed by atoms with van der Waals surface area (Å²) in [6.45, 7) is -0.942. The van der Waals surface area contributed by atoms with Crippen molar-refractivity contribution in [1.82, 2.24) is 9.62 Å². The number of carbonyl (C=O) groups is 2. The number of rotatable bonds is 6. The van der Waals surface area contributed by atoms with Gasteiger partial charge in [-0.3, -0.25) is 4.79 Å². The van der Waals surface area contributed by atoms with E-state index in [0.717, 1.165) is 12.1 Å². The van der Waals surface area contributed by atoms with E-state index in [1.54, 1.807) is 29.2 Å². The molecule has 8 nitrogen and oxygen atoms in total. The molecule has 1 saturated heterocycles. The van der Waals surface area contributed by atoms with Gasteiger partial charge >= 0.3 is 12.2 Å². The fourth-order valence-electron chi connectivity index (χ4n) is 3.32. The summed E-state index contributed by atoms with van der Waals surface area (Å²) in [7, 11) is -4.34. The van der Waals surface area contributed by atoms with Gasteiger partial charge in [0, 0.05) is 24.5 Å². The highest BCUT2D eigenvalue weighted by atomic mass is 32.2. The van der Waals surface area contributed by atoms with Gasteiger partial charge in [-0.15, -0.1) is 0 Å². The first-order chi connectivity index (χ1) is 15.5. The van der Waals surface area contributed by atoms with Crippen molar-refractivity contribution in [3.8, 4) is 0 Å². The minimum atomic E-state index is -4.67. The molecule has 2 aromatic carbocycles. The molecular formula is C21H23F3N4O4S. The van der Waals surface area contributed by atoms with Crippen LogP contribution in [0.4, 0.5) is 29.3 Å². The number of alkyl halides is 3. The lowest BCUT2D eigenvalue weighted by Crippen LogP contribution is -2.45. The van der Waals surface area contributed by atoms with E-state index >= 15 is 0 Å². The molecule has 1 atom stereocenters. The molecule has 1 heterocycles. The maximum atomic E-state index is 12.7. The van der Waals surface area contributed by atoms with Crippen LogP contribution in [0.3, 0.4) is 0 Å². The Morgan fingerprint density at radius 2 is 1.61 bits per heavy atom. The number of para-hydroxylation sites is 1. The van der Waals surface area contributed by atoms with Crippen molar-refractivity contribution in [2.24, 2.45) is 5.92 Å². The topological polar surface area (TPSA) is 108 Å². The number of piperidine rings is 1. The largest absolute Gasteiger partial charge is 0.402 e. The van der Waals surface area contributed by atoms with E-state index in [9.17, 15) is 31.2 Å². The lowest BCUT2D eigenvalue weighted by atomic mass is 9.97. The normalized spacial score (nSPS) is 16.8. The Morgan fingerprint density at radius 1 is 0.970 bits per heavy atom. The van der Waals surface area contributed by atoms with Gasteiger partial charge in [0.2, 0.25) is 15.9 Å². The van der Waals surface area contributed by atoms with E-state index in [-0.39, 0.29) is 23.4 Å². The Balaban J connectivity index is 1.56. The van der Waals surface area contributed by atoms with Gasteiger partial charge in [0.15, 0.2) is 0 Å². The third-order valence-electron chi connectivity index (χ3n) is 5.00. The van der Waals surface area contributed by atoms with Gasteiger partial charge < -0.3 is 15.5 Å². The second-order valence-electron chi connectivity index (χ2n) is 7.53. The van der Waals surface area contributed by atoms with Crippen molar-refractivity contribution in [1.29, 1.82) is 0 Å². The lowest BCUT2D eigenvalue weighted by molar-refractivity contribution is -0.122. The molecule has 2 aromatic rings. The zero-order valence-electron chi connectivity index (χ0n) is 17.4. The number of hydrogen-bond acceptors (Lipinski definition) is 4. The average Bonchev–Trinajstić information content (AvgIpc) is 2.78. The van der Waals surface area contributed by atoms with E-state index in [1.165, 1.54) is 16.9 Å². The molecule has 33 heavy (non-hydrogen) atoms. The summed E-state index contributed by atoms with van der Waals surface area (Å²) in [4.78, 5) is 26.4. The zero-order valence-corrected chi connectivity index (χ0v) is 18.2. The van der Waals surface area contributed by atoms with Crippen LogP contribution >= 0.6 is 0 Å². The van der Waals surface area contributed by atoms with Gasteiger partial charge in [-0.1, -0.05) is 18.2 Å². The minimum absolute atomic E-state index is 0.221. The van der Waals surface area contributed by atoms with Crippen molar-refractivity contribution in [2.75, 3.05) is 30.3 Å². The van der Waals surface area contributed by atoms with Gasteiger partial charge in [0.25, 0.3) is 0 Å². The molecule has 3 N–H and O–H groups in total.